The van der Waals surface area contributed by atoms with Gasteiger partial charge < -0.3 is 15.5 Å². The van der Waals surface area contributed by atoms with Gasteiger partial charge in [-0.05, 0) is 54.7 Å². The van der Waals surface area contributed by atoms with Crippen molar-refractivity contribution < 1.29 is 15.0 Å². The fourth-order valence-electron chi connectivity index (χ4n) is 3.89. The van der Waals surface area contributed by atoms with E-state index in [9.17, 15) is 15.0 Å². The van der Waals surface area contributed by atoms with Crippen molar-refractivity contribution in [2.45, 2.75) is 46.1 Å². The normalized spacial score (nSPS) is 27.9. The molecule has 0 aromatic heterocycles. The second kappa shape index (κ2) is 7.82. The molecule has 4 unspecified atom stereocenters. The van der Waals surface area contributed by atoms with Crippen LogP contribution in [0.3, 0.4) is 0 Å². The van der Waals surface area contributed by atoms with Crippen molar-refractivity contribution in [2.24, 2.45) is 23.7 Å². The fraction of sp³-hybridized carbons (Fsp3) is 0.632. The van der Waals surface area contributed by atoms with Gasteiger partial charge in [-0.1, -0.05) is 32.9 Å². The number of aliphatic hydroxyl groups excluding tert-OH is 1. The number of aliphatic hydroxyl groups is 1. The van der Waals surface area contributed by atoms with Crippen LogP contribution >= 0.6 is 0 Å². The average molecular weight is 319 g/mol. The number of carbonyl (C=O) groups is 1. The Morgan fingerprint density at radius 2 is 2.09 bits per heavy atom. The molecule has 0 bridgehead atoms. The van der Waals surface area contributed by atoms with Crippen LogP contribution in [0.15, 0.2) is 24.3 Å². The molecule has 1 aromatic rings. The number of benzene rings is 1. The number of hydrogen-bond acceptors (Lipinski definition) is 3. The van der Waals surface area contributed by atoms with E-state index in [1.807, 2.05) is 6.07 Å². The summed E-state index contributed by atoms with van der Waals surface area (Å²) in [6.07, 6.45) is 1.94. The first-order chi connectivity index (χ1) is 10.9. The van der Waals surface area contributed by atoms with Gasteiger partial charge in [-0.15, -0.1) is 0 Å². The fourth-order valence-corrected chi connectivity index (χ4v) is 3.89. The van der Waals surface area contributed by atoms with E-state index in [1.54, 1.807) is 18.2 Å². The number of aromatic hydroxyl groups is 1. The Balaban J connectivity index is 1.92. The Morgan fingerprint density at radius 3 is 2.74 bits per heavy atom. The summed E-state index contributed by atoms with van der Waals surface area (Å²) < 4.78 is 0. The van der Waals surface area contributed by atoms with Gasteiger partial charge in [0, 0.05) is 12.5 Å². The summed E-state index contributed by atoms with van der Waals surface area (Å²) in [4.78, 5) is 12.6. The summed E-state index contributed by atoms with van der Waals surface area (Å²) in [5, 5.41) is 22.8. The summed E-state index contributed by atoms with van der Waals surface area (Å²) in [7, 11) is 0. The maximum atomic E-state index is 12.6. The number of amides is 1. The number of phenolic OH excluding ortho intramolecular Hbond substituents is 1. The van der Waals surface area contributed by atoms with E-state index in [1.165, 1.54) is 0 Å². The van der Waals surface area contributed by atoms with Crippen LogP contribution in [0, 0.1) is 23.7 Å². The highest BCUT2D eigenvalue weighted by atomic mass is 16.3. The summed E-state index contributed by atoms with van der Waals surface area (Å²) in [6.45, 7) is 6.81. The lowest BCUT2D eigenvalue weighted by Crippen LogP contribution is -2.46. The molecule has 1 saturated carbocycles. The lowest BCUT2D eigenvalue weighted by atomic mass is 9.68. The molecule has 0 heterocycles. The molecule has 0 spiro atoms. The monoisotopic (exact) mass is 319 g/mol. The van der Waals surface area contributed by atoms with Crippen LogP contribution in [0.2, 0.25) is 0 Å². The average Bonchev–Trinajstić information content (AvgIpc) is 2.45. The van der Waals surface area contributed by atoms with Gasteiger partial charge in [0.2, 0.25) is 5.91 Å². The molecule has 4 nitrogen and oxygen atoms in total. The van der Waals surface area contributed by atoms with E-state index in [2.05, 4.69) is 26.1 Å². The third kappa shape index (κ3) is 4.71. The zero-order valence-corrected chi connectivity index (χ0v) is 14.3. The highest BCUT2D eigenvalue weighted by Gasteiger charge is 2.40. The third-order valence-corrected chi connectivity index (χ3v) is 4.94. The van der Waals surface area contributed by atoms with Crippen LogP contribution in [0.25, 0.3) is 0 Å². The first kappa shape index (κ1) is 17.8. The van der Waals surface area contributed by atoms with Crippen LogP contribution < -0.4 is 5.32 Å². The van der Waals surface area contributed by atoms with Crippen molar-refractivity contribution in [1.29, 1.82) is 0 Å². The van der Waals surface area contributed by atoms with Crippen LogP contribution in [0.4, 0.5) is 0 Å². The van der Waals surface area contributed by atoms with Gasteiger partial charge in [0.25, 0.3) is 0 Å². The van der Waals surface area contributed by atoms with Crippen molar-refractivity contribution in [3.63, 3.8) is 0 Å². The molecule has 4 atom stereocenters. The van der Waals surface area contributed by atoms with E-state index in [4.69, 9.17) is 0 Å². The molecule has 1 aromatic carbocycles. The Morgan fingerprint density at radius 1 is 1.35 bits per heavy atom. The van der Waals surface area contributed by atoms with Gasteiger partial charge in [0.1, 0.15) is 5.75 Å². The number of rotatable bonds is 5. The zero-order valence-electron chi connectivity index (χ0n) is 14.3. The second-order valence-corrected chi connectivity index (χ2v) is 7.28. The van der Waals surface area contributed by atoms with Gasteiger partial charge >= 0.3 is 0 Å². The summed E-state index contributed by atoms with van der Waals surface area (Å²) in [5.74, 6) is 0.887. The second-order valence-electron chi connectivity index (χ2n) is 7.28. The molecule has 2 rings (SSSR count). The first-order valence-corrected chi connectivity index (χ1v) is 8.62. The van der Waals surface area contributed by atoms with Crippen LogP contribution in [-0.4, -0.2) is 28.8 Å². The Bertz CT molecular complexity index is 529. The minimum atomic E-state index is -0.388. The minimum absolute atomic E-state index is 0.0342. The number of carbonyl (C=O) groups excluding carboxylic acids is 1. The van der Waals surface area contributed by atoms with E-state index >= 15 is 0 Å². The third-order valence-electron chi connectivity index (χ3n) is 4.94. The van der Waals surface area contributed by atoms with Gasteiger partial charge in [-0.2, -0.15) is 0 Å². The van der Waals surface area contributed by atoms with Gasteiger partial charge in [-0.25, -0.2) is 0 Å². The molecule has 1 amide bonds. The molecule has 4 heteroatoms. The number of nitrogens with one attached hydrogen (secondary N) is 1. The molecular formula is C19H29NO3. The topological polar surface area (TPSA) is 69.6 Å². The van der Waals surface area contributed by atoms with Crippen molar-refractivity contribution >= 4 is 5.91 Å². The van der Waals surface area contributed by atoms with E-state index in [0.717, 1.165) is 18.4 Å². The lowest BCUT2D eigenvalue weighted by molar-refractivity contribution is -0.133. The van der Waals surface area contributed by atoms with Crippen LogP contribution in [0.1, 0.15) is 39.2 Å². The quantitative estimate of drug-likeness (QED) is 0.781. The summed E-state index contributed by atoms with van der Waals surface area (Å²) in [5.41, 5.74) is 1.00. The largest absolute Gasteiger partial charge is 0.508 e. The first-order valence-electron chi connectivity index (χ1n) is 8.62. The molecule has 0 radical (unpaired) electrons. The summed E-state index contributed by atoms with van der Waals surface area (Å²) >= 11 is 0. The number of hydrogen-bond donors (Lipinski definition) is 3. The standard InChI is InChI=1S/C19H29NO3/c1-12(2)18-16(9-13(3)10-17(18)22)19(23)20-8-7-14-5-4-6-15(21)11-14/h4-6,11-13,16-18,21-22H,7-10H2,1-3H3,(H,20,23). The van der Waals surface area contributed by atoms with Gasteiger partial charge in [0.05, 0.1) is 6.10 Å². The Labute approximate surface area is 138 Å². The smallest absolute Gasteiger partial charge is 0.223 e. The molecule has 128 valence electrons. The minimum Gasteiger partial charge on any atom is -0.508 e. The van der Waals surface area contributed by atoms with Crippen LogP contribution in [-0.2, 0) is 11.2 Å². The molecule has 0 aliphatic heterocycles. The number of phenols is 1. The van der Waals surface area contributed by atoms with Crippen molar-refractivity contribution in [1.82, 2.24) is 5.32 Å². The maximum absolute atomic E-state index is 12.6. The van der Waals surface area contributed by atoms with Gasteiger partial charge in [-0.3, -0.25) is 4.79 Å². The van der Waals surface area contributed by atoms with Crippen molar-refractivity contribution in [3.05, 3.63) is 29.8 Å². The maximum Gasteiger partial charge on any atom is 0.223 e. The molecule has 23 heavy (non-hydrogen) atoms. The molecule has 1 aliphatic rings. The van der Waals surface area contributed by atoms with Crippen LogP contribution in [0.5, 0.6) is 5.75 Å². The lowest BCUT2D eigenvalue weighted by Gasteiger charge is -2.40. The Kier molecular flexibility index (Phi) is 6.05. The van der Waals surface area contributed by atoms with Crippen molar-refractivity contribution in [2.75, 3.05) is 6.54 Å². The van der Waals surface area contributed by atoms with E-state index < -0.39 is 0 Å². The van der Waals surface area contributed by atoms with Crippen molar-refractivity contribution in [3.8, 4) is 5.75 Å². The Hall–Kier alpha value is -1.55. The highest BCUT2D eigenvalue weighted by molar-refractivity contribution is 5.79. The molecule has 0 saturated heterocycles. The highest BCUT2D eigenvalue weighted by Crippen LogP contribution is 2.38. The zero-order chi connectivity index (χ0) is 17.0. The summed E-state index contributed by atoms with van der Waals surface area (Å²) in [6, 6.07) is 7.10. The molecular weight excluding hydrogens is 290 g/mol. The predicted molar refractivity (Wildman–Crippen MR) is 91.0 cm³/mol. The molecule has 3 N–H and O–H groups in total. The molecule has 1 aliphatic carbocycles. The predicted octanol–water partition coefficient (Wildman–Crippen LogP) is 2.73. The van der Waals surface area contributed by atoms with E-state index in [0.29, 0.717) is 24.8 Å². The molecule has 1 fully saturated rings. The van der Waals surface area contributed by atoms with Gasteiger partial charge in [0.15, 0.2) is 0 Å². The van der Waals surface area contributed by atoms with E-state index in [-0.39, 0.29) is 29.6 Å². The SMILES string of the molecule is CC1CC(O)C(C(C)C)C(C(=O)NCCc2cccc(O)c2)C1.